The lowest BCUT2D eigenvalue weighted by Gasteiger charge is -2.16. The first kappa shape index (κ1) is 28.7. The molecule has 1 N–H and O–H groups in total. The van der Waals surface area contributed by atoms with Crippen LogP contribution in [0.15, 0.2) is 114 Å². The SMILES string of the molecule is CC(Sc1nc(-c2ccccc2)cc(-c2cccc(F)c2)c1C#N)C(=O)Nc1ccc(C(=O)/C=C/c2cccs2)cc1. The number of nitrogens with zero attached hydrogens (tertiary/aromatic N) is 2. The molecule has 0 saturated heterocycles. The average Bonchev–Trinajstić information content (AvgIpc) is 3.54. The molecule has 5 nitrogen and oxygen atoms in total. The maximum absolute atomic E-state index is 14.1. The van der Waals surface area contributed by atoms with Gasteiger partial charge in [-0.05, 0) is 78.6 Å². The third-order valence-electron chi connectivity index (χ3n) is 6.34. The van der Waals surface area contributed by atoms with E-state index in [1.807, 2.05) is 47.8 Å². The molecule has 1 unspecified atom stereocenters. The predicted molar refractivity (Wildman–Crippen MR) is 168 cm³/mol. The number of rotatable bonds is 9. The van der Waals surface area contributed by atoms with Gasteiger partial charge in [0.15, 0.2) is 5.78 Å². The molecule has 0 spiro atoms. The number of thioether (sulfide) groups is 1. The Morgan fingerprint density at radius 2 is 1.74 bits per heavy atom. The van der Waals surface area contributed by atoms with E-state index in [4.69, 9.17) is 4.98 Å². The number of aromatic nitrogens is 1. The molecule has 0 aliphatic carbocycles. The number of anilines is 1. The normalized spacial score (nSPS) is 11.6. The number of carbonyl (C=O) groups excluding carboxylic acids is 2. The van der Waals surface area contributed by atoms with Crippen LogP contribution in [0.5, 0.6) is 0 Å². The maximum Gasteiger partial charge on any atom is 0.237 e. The molecule has 0 bridgehead atoms. The second-order valence-corrected chi connectivity index (χ2v) is 11.6. The lowest BCUT2D eigenvalue weighted by Crippen LogP contribution is -2.22. The smallest absolute Gasteiger partial charge is 0.237 e. The van der Waals surface area contributed by atoms with E-state index in [0.29, 0.717) is 33.1 Å². The molecular formula is C34H24FN3O2S2. The average molecular weight is 590 g/mol. The van der Waals surface area contributed by atoms with Gasteiger partial charge in [-0.1, -0.05) is 60.3 Å². The molecule has 2 aromatic heterocycles. The van der Waals surface area contributed by atoms with Gasteiger partial charge in [0.25, 0.3) is 0 Å². The summed E-state index contributed by atoms with van der Waals surface area (Å²) >= 11 is 2.70. The van der Waals surface area contributed by atoms with Gasteiger partial charge < -0.3 is 5.32 Å². The topological polar surface area (TPSA) is 82.8 Å². The molecule has 8 heteroatoms. The van der Waals surface area contributed by atoms with Crippen molar-refractivity contribution in [2.24, 2.45) is 0 Å². The van der Waals surface area contributed by atoms with Gasteiger partial charge >= 0.3 is 0 Å². The van der Waals surface area contributed by atoms with Crippen LogP contribution in [0.1, 0.15) is 27.7 Å². The van der Waals surface area contributed by atoms with Crippen molar-refractivity contribution in [2.45, 2.75) is 17.2 Å². The molecule has 5 aromatic rings. The van der Waals surface area contributed by atoms with Crippen LogP contribution < -0.4 is 5.32 Å². The number of allylic oxidation sites excluding steroid dienone is 1. The summed E-state index contributed by atoms with van der Waals surface area (Å²) in [4.78, 5) is 31.4. The van der Waals surface area contributed by atoms with Crippen LogP contribution in [0.25, 0.3) is 28.5 Å². The van der Waals surface area contributed by atoms with E-state index in [1.165, 1.54) is 18.2 Å². The van der Waals surface area contributed by atoms with E-state index in [2.05, 4.69) is 11.4 Å². The number of halogens is 1. The number of ketones is 1. The van der Waals surface area contributed by atoms with Gasteiger partial charge in [0.05, 0.1) is 16.5 Å². The molecule has 0 aliphatic rings. The molecular weight excluding hydrogens is 566 g/mol. The van der Waals surface area contributed by atoms with Gasteiger partial charge in [0.2, 0.25) is 5.91 Å². The lowest BCUT2D eigenvalue weighted by molar-refractivity contribution is -0.115. The second kappa shape index (κ2) is 13.2. The summed E-state index contributed by atoms with van der Waals surface area (Å²) in [5.41, 5.74) is 3.84. The Bertz CT molecular complexity index is 1800. The van der Waals surface area contributed by atoms with E-state index >= 15 is 0 Å². The number of nitriles is 1. The van der Waals surface area contributed by atoms with Crippen molar-refractivity contribution in [3.05, 3.63) is 130 Å². The van der Waals surface area contributed by atoms with E-state index in [0.717, 1.165) is 22.2 Å². The molecule has 0 saturated carbocycles. The minimum atomic E-state index is -0.619. The number of carbonyl (C=O) groups is 2. The molecule has 3 aromatic carbocycles. The van der Waals surface area contributed by atoms with E-state index in [-0.39, 0.29) is 17.3 Å². The van der Waals surface area contributed by atoms with E-state index in [1.54, 1.807) is 66.8 Å². The second-order valence-electron chi connectivity index (χ2n) is 9.26. The van der Waals surface area contributed by atoms with Crippen molar-refractivity contribution >= 4 is 46.6 Å². The van der Waals surface area contributed by atoms with Gasteiger partial charge in [-0.25, -0.2) is 9.37 Å². The van der Waals surface area contributed by atoms with Crippen molar-refractivity contribution in [2.75, 3.05) is 5.32 Å². The lowest BCUT2D eigenvalue weighted by atomic mass is 9.99. The minimum absolute atomic E-state index is 0.132. The van der Waals surface area contributed by atoms with Gasteiger partial charge in [-0.3, -0.25) is 9.59 Å². The molecule has 5 rings (SSSR count). The van der Waals surface area contributed by atoms with Crippen molar-refractivity contribution in [1.82, 2.24) is 4.98 Å². The highest BCUT2D eigenvalue weighted by atomic mass is 32.2. The Morgan fingerprint density at radius 3 is 2.43 bits per heavy atom. The van der Waals surface area contributed by atoms with Crippen LogP contribution in [0, 0.1) is 17.1 Å². The fourth-order valence-corrected chi connectivity index (χ4v) is 5.72. The Kier molecular flexibility index (Phi) is 9.02. The highest BCUT2D eigenvalue weighted by Gasteiger charge is 2.22. The molecule has 206 valence electrons. The molecule has 1 atom stereocenters. The number of thiophene rings is 1. The first-order valence-electron chi connectivity index (χ1n) is 13.0. The number of hydrogen-bond acceptors (Lipinski definition) is 6. The van der Waals surface area contributed by atoms with Crippen LogP contribution in [0.4, 0.5) is 10.1 Å². The van der Waals surface area contributed by atoms with Crippen LogP contribution in [-0.4, -0.2) is 21.9 Å². The molecule has 1 amide bonds. The fraction of sp³-hybridized carbons (Fsp3) is 0.0588. The number of nitrogens with one attached hydrogen (secondary N) is 1. The number of hydrogen-bond donors (Lipinski definition) is 1. The van der Waals surface area contributed by atoms with Crippen molar-refractivity contribution in [3.8, 4) is 28.5 Å². The van der Waals surface area contributed by atoms with Crippen LogP contribution in [0.3, 0.4) is 0 Å². The maximum atomic E-state index is 14.1. The predicted octanol–water partition coefficient (Wildman–Crippen LogP) is 8.50. The zero-order valence-corrected chi connectivity index (χ0v) is 24.1. The van der Waals surface area contributed by atoms with Gasteiger partial charge in [0, 0.05) is 27.3 Å². The number of benzene rings is 3. The summed E-state index contributed by atoms with van der Waals surface area (Å²) in [6.07, 6.45) is 3.30. The Labute approximate surface area is 251 Å². The van der Waals surface area contributed by atoms with Gasteiger partial charge in [0.1, 0.15) is 16.9 Å². The van der Waals surface area contributed by atoms with Crippen molar-refractivity contribution < 1.29 is 14.0 Å². The van der Waals surface area contributed by atoms with Crippen molar-refractivity contribution in [1.29, 1.82) is 5.26 Å². The third kappa shape index (κ3) is 6.89. The highest BCUT2D eigenvalue weighted by Crippen LogP contribution is 2.36. The third-order valence-corrected chi connectivity index (χ3v) is 8.26. The van der Waals surface area contributed by atoms with Crippen LogP contribution >= 0.6 is 23.1 Å². The van der Waals surface area contributed by atoms with E-state index in [9.17, 15) is 19.2 Å². The summed E-state index contributed by atoms with van der Waals surface area (Å²) < 4.78 is 14.1. The van der Waals surface area contributed by atoms with Gasteiger partial charge in [-0.2, -0.15) is 5.26 Å². The Balaban J connectivity index is 1.36. The summed E-state index contributed by atoms with van der Waals surface area (Å²) in [6, 6.07) is 30.1. The van der Waals surface area contributed by atoms with Crippen molar-refractivity contribution in [3.63, 3.8) is 0 Å². The zero-order chi connectivity index (χ0) is 29.5. The number of pyridine rings is 1. The molecule has 42 heavy (non-hydrogen) atoms. The van der Waals surface area contributed by atoms with E-state index < -0.39 is 11.1 Å². The Morgan fingerprint density at radius 1 is 0.976 bits per heavy atom. The summed E-state index contributed by atoms with van der Waals surface area (Å²) in [5.74, 6) is -0.838. The van der Waals surface area contributed by atoms with Crippen LogP contribution in [-0.2, 0) is 4.79 Å². The molecule has 0 aliphatic heterocycles. The number of amides is 1. The summed E-state index contributed by atoms with van der Waals surface area (Å²) in [6.45, 7) is 1.73. The quantitative estimate of drug-likeness (QED) is 0.106. The highest BCUT2D eigenvalue weighted by molar-refractivity contribution is 8.00. The summed E-state index contributed by atoms with van der Waals surface area (Å²) in [5, 5.41) is 14.7. The fourth-order valence-electron chi connectivity index (χ4n) is 4.18. The van der Waals surface area contributed by atoms with Crippen LogP contribution in [0.2, 0.25) is 0 Å². The standard InChI is InChI=1S/C34H24FN3O2S2/c1-22(33(40)37-27-14-12-24(13-15-27)32(39)17-16-28-11-6-18-41-28)42-34-30(21-36)29(25-9-5-10-26(35)19-25)20-31(38-34)23-7-3-2-4-8-23/h2-20,22H,1H3,(H,37,40)/b17-16+. The Hall–Kier alpha value is -4.84. The first-order chi connectivity index (χ1) is 20.4. The summed E-state index contributed by atoms with van der Waals surface area (Å²) in [7, 11) is 0. The molecule has 2 heterocycles. The first-order valence-corrected chi connectivity index (χ1v) is 14.8. The molecule has 0 fully saturated rings. The monoisotopic (exact) mass is 589 g/mol. The minimum Gasteiger partial charge on any atom is -0.325 e. The molecule has 0 radical (unpaired) electrons. The van der Waals surface area contributed by atoms with Gasteiger partial charge in [-0.15, -0.1) is 11.3 Å². The largest absolute Gasteiger partial charge is 0.325 e. The zero-order valence-electron chi connectivity index (χ0n) is 22.5.